The van der Waals surface area contributed by atoms with Crippen LogP contribution in [0.4, 0.5) is 13.2 Å². The van der Waals surface area contributed by atoms with Gasteiger partial charge in [-0.15, -0.1) is 0 Å². The lowest BCUT2D eigenvalue weighted by Gasteiger charge is -2.08. The van der Waals surface area contributed by atoms with E-state index < -0.39 is 18.2 Å². The van der Waals surface area contributed by atoms with E-state index in [1.165, 1.54) is 7.11 Å². The Kier molecular flexibility index (Phi) is 3.39. The van der Waals surface area contributed by atoms with E-state index >= 15 is 0 Å². The number of hydrogen-bond donors (Lipinski definition) is 0. The number of alkyl halides is 2. The summed E-state index contributed by atoms with van der Waals surface area (Å²) in [6.07, 6.45) is 0. The largest absolute Gasteiger partial charge is 0.495 e. The summed E-state index contributed by atoms with van der Waals surface area (Å²) in [7, 11) is 1.20. The molecule has 0 fully saturated rings. The smallest absolute Gasteiger partial charge is 0.387 e. The van der Waals surface area contributed by atoms with Gasteiger partial charge in [-0.25, -0.2) is 4.39 Å². The van der Waals surface area contributed by atoms with Crippen molar-refractivity contribution in [2.45, 2.75) is 6.61 Å². The zero-order valence-corrected chi connectivity index (χ0v) is 7.63. The first-order valence-corrected chi connectivity index (χ1v) is 3.81. The van der Waals surface area contributed by atoms with Crippen LogP contribution in [0.3, 0.4) is 0 Å². The van der Waals surface area contributed by atoms with E-state index in [0.29, 0.717) is 6.07 Å². The first kappa shape index (κ1) is 11.2. The quantitative estimate of drug-likeness (QED) is 0.780. The maximum Gasteiger partial charge on any atom is 0.387 e. The summed E-state index contributed by atoms with van der Waals surface area (Å²) >= 11 is 0. The van der Waals surface area contributed by atoms with Gasteiger partial charge in [-0.3, -0.25) is 0 Å². The molecule has 0 saturated heterocycles. The number of ether oxygens (including phenoxy) is 2. The van der Waals surface area contributed by atoms with Gasteiger partial charge in [0.2, 0.25) is 0 Å². The van der Waals surface area contributed by atoms with Gasteiger partial charge < -0.3 is 9.47 Å². The molecule has 0 N–H and O–H groups in total. The summed E-state index contributed by atoms with van der Waals surface area (Å²) in [5.74, 6) is -1.50. The monoisotopic (exact) mass is 217 g/mol. The molecular weight excluding hydrogens is 211 g/mol. The Hall–Kier alpha value is -1.90. The molecule has 0 saturated carbocycles. The van der Waals surface area contributed by atoms with Crippen LogP contribution in [0, 0.1) is 17.1 Å². The van der Waals surface area contributed by atoms with Gasteiger partial charge in [-0.2, -0.15) is 14.0 Å². The lowest BCUT2D eigenvalue weighted by atomic mass is 10.2. The van der Waals surface area contributed by atoms with Gasteiger partial charge in [0, 0.05) is 12.1 Å². The Balaban J connectivity index is 3.15. The number of methoxy groups -OCH3 is 1. The van der Waals surface area contributed by atoms with Crippen molar-refractivity contribution in [3.8, 4) is 17.6 Å². The molecule has 1 aromatic carbocycles. The van der Waals surface area contributed by atoms with E-state index in [4.69, 9.17) is 5.26 Å². The minimum atomic E-state index is -3.05. The molecule has 6 heteroatoms. The lowest BCUT2D eigenvalue weighted by Crippen LogP contribution is -2.03. The zero-order chi connectivity index (χ0) is 11.4. The van der Waals surface area contributed by atoms with E-state index in [9.17, 15) is 13.2 Å². The highest BCUT2D eigenvalue weighted by atomic mass is 19.3. The number of halogens is 3. The summed E-state index contributed by atoms with van der Waals surface area (Å²) in [5, 5.41) is 8.54. The number of hydrogen-bond acceptors (Lipinski definition) is 3. The third kappa shape index (κ3) is 2.53. The van der Waals surface area contributed by atoms with Crippen LogP contribution in [0.25, 0.3) is 0 Å². The van der Waals surface area contributed by atoms with Crippen LogP contribution in [0.1, 0.15) is 5.56 Å². The number of nitriles is 1. The molecule has 1 rings (SSSR count). The molecule has 0 bridgehead atoms. The molecular formula is C9H6F3NO2. The Morgan fingerprint density at radius 2 is 2.07 bits per heavy atom. The summed E-state index contributed by atoms with van der Waals surface area (Å²) in [4.78, 5) is 0. The first-order chi connectivity index (χ1) is 7.08. The van der Waals surface area contributed by atoms with Crippen LogP contribution in [0.2, 0.25) is 0 Å². The highest BCUT2D eigenvalue weighted by molar-refractivity contribution is 5.48. The second kappa shape index (κ2) is 4.55. The molecule has 15 heavy (non-hydrogen) atoms. The normalized spacial score (nSPS) is 9.87. The molecule has 0 spiro atoms. The van der Waals surface area contributed by atoms with Gasteiger partial charge in [-0.05, 0) is 0 Å². The number of nitrogens with zero attached hydrogens (tertiary/aromatic N) is 1. The van der Waals surface area contributed by atoms with Crippen LogP contribution in [-0.2, 0) is 0 Å². The standard InChI is InChI=1S/C9H6F3NO2/c1-14-8-3-5(15-9(11)12)2-7(10)6(8)4-13/h2-3,9H,1H3. The van der Waals surface area contributed by atoms with Crippen molar-refractivity contribution in [3.05, 3.63) is 23.5 Å². The third-order valence-electron chi connectivity index (χ3n) is 1.58. The first-order valence-electron chi connectivity index (χ1n) is 3.81. The lowest BCUT2D eigenvalue weighted by molar-refractivity contribution is -0.0500. The molecule has 0 amide bonds. The second-order valence-corrected chi connectivity index (χ2v) is 2.47. The van der Waals surface area contributed by atoms with Crippen LogP contribution >= 0.6 is 0 Å². The molecule has 0 radical (unpaired) electrons. The molecule has 0 aliphatic heterocycles. The predicted molar refractivity (Wildman–Crippen MR) is 44.3 cm³/mol. The van der Waals surface area contributed by atoms with E-state index in [1.54, 1.807) is 6.07 Å². The molecule has 0 aromatic heterocycles. The van der Waals surface area contributed by atoms with Crippen molar-refractivity contribution in [1.82, 2.24) is 0 Å². The molecule has 0 heterocycles. The zero-order valence-electron chi connectivity index (χ0n) is 7.63. The van der Waals surface area contributed by atoms with Gasteiger partial charge in [0.1, 0.15) is 28.9 Å². The van der Waals surface area contributed by atoms with Crippen LogP contribution in [0.15, 0.2) is 12.1 Å². The van der Waals surface area contributed by atoms with Gasteiger partial charge in [0.25, 0.3) is 0 Å². The van der Waals surface area contributed by atoms with E-state index in [0.717, 1.165) is 6.07 Å². The van der Waals surface area contributed by atoms with Crippen molar-refractivity contribution in [3.63, 3.8) is 0 Å². The SMILES string of the molecule is COc1cc(OC(F)F)cc(F)c1C#N. The Labute approximate surface area is 83.6 Å². The Morgan fingerprint density at radius 1 is 1.40 bits per heavy atom. The molecule has 0 atom stereocenters. The van der Waals surface area contributed by atoms with Gasteiger partial charge >= 0.3 is 6.61 Å². The molecule has 80 valence electrons. The minimum absolute atomic E-state index is 0.145. The Morgan fingerprint density at radius 3 is 2.53 bits per heavy atom. The van der Waals surface area contributed by atoms with Gasteiger partial charge in [0.05, 0.1) is 7.11 Å². The summed E-state index contributed by atoms with van der Waals surface area (Å²) in [6.45, 7) is -3.05. The van der Waals surface area contributed by atoms with E-state index in [-0.39, 0.29) is 11.3 Å². The van der Waals surface area contributed by atoms with Crippen LogP contribution in [-0.4, -0.2) is 13.7 Å². The summed E-state index contributed by atoms with van der Waals surface area (Å²) in [5.41, 5.74) is -0.348. The molecule has 0 aliphatic rings. The number of rotatable bonds is 3. The molecule has 3 nitrogen and oxygen atoms in total. The minimum Gasteiger partial charge on any atom is -0.495 e. The molecule has 0 unspecified atom stereocenters. The fraction of sp³-hybridized carbons (Fsp3) is 0.222. The van der Waals surface area contributed by atoms with Crippen molar-refractivity contribution in [2.24, 2.45) is 0 Å². The van der Waals surface area contributed by atoms with Crippen molar-refractivity contribution in [1.29, 1.82) is 5.26 Å². The maximum atomic E-state index is 13.1. The van der Waals surface area contributed by atoms with Crippen molar-refractivity contribution < 1.29 is 22.6 Å². The average Bonchev–Trinajstić information content (AvgIpc) is 2.15. The Bertz CT molecular complexity index is 401. The highest BCUT2D eigenvalue weighted by Crippen LogP contribution is 2.27. The van der Waals surface area contributed by atoms with Gasteiger partial charge in [0.15, 0.2) is 0 Å². The van der Waals surface area contributed by atoms with Crippen LogP contribution < -0.4 is 9.47 Å². The maximum absolute atomic E-state index is 13.1. The summed E-state index contributed by atoms with van der Waals surface area (Å²) < 4.78 is 45.4. The third-order valence-corrected chi connectivity index (χ3v) is 1.58. The fourth-order valence-corrected chi connectivity index (χ4v) is 0.998. The van der Waals surface area contributed by atoms with E-state index in [2.05, 4.69) is 9.47 Å². The van der Waals surface area contributed by atoms with Crippen LogP contribution in [0.5, 0.6) is 11.5 Å². The van der Waals surface area contributed by atoms with E-state index in [1.807, 2.05) is 0 Å². The molecule has 1 aromatic rings. The average molecular weight is 217 g/mol. The van der Waals surface area contributed by atoms with Gasteiger partial charge in [-0.1, -0.05) is 0 Å². The predicted octanol–water partition coefficient (Wildman–Crippen LogP) is 2.31. The van der Waals surface area contributed by atoms with Crippen molar-refractivity contribution in [2.75, 3.05) is 7.11 Å². The summed E-state index contributed by atoms with van der Waals surface area (Å²) in [6, 6.07) is 3.28. The van der Waals surface area contributed by atoms with Crippen molar-refractivity contribution >= 4 is 0 Å². The highest BCUT2D eigenvalue weighted by Gasteiger charge is 2.14. The second-order valence-electron chi connectivity index (χ2n) is 2.47. The molecule has 0 aliphatic carbocycles. The fourth-order valence-electron chi connectivity index (χ4n) is 0.998. The number of benzene rings is 1. The topological polar surface area (TPSA) is 42.2 Å².